The van der Waals surface area contributed by atoms with Gasteiger partial charge >= 0.3 is 0 Å². The van der Waals surface area contributed by atoms with Gasteiger partial charge < -0.3 is 19.8 Å². The number of carbonyl (C=O) groups is 1. The smallest absolute Gasteiger partial charge is 0.226 e. The van der Waals surface area contributed by atoms with Gasteiger partial charge in [-0.15, -0.1) is 0 Å². The van der Waals surface area contributed by atoms with E-state index in [1.54, 1.807) is 20.4 Å². The van der Waals surface area contributed by atoms with E-state index < -0.39 is 0 Å². The fraction of sp³-hybridized carbons (Fsp3) is 0.192. The molecule has 1 amide bonds. The van der Waals surface area contributed by atoms with E-state index in [9.17, 15) is 4.79 Å². The van der Waals surface area contributed by atoms with Gasteiger partial charge in [0.15, 0.2) is 5.16 Å². The lowest BCUT2D eigenvalue weighted by Crippen LogP contribution is -2.14. The molecular formula is C26H26N4O3S. The molecule has 0 bridgehead atoms. The Bertz CT molecular complexity index is 1190. The molecule has 34 heavy (non-hydrogen) atoms. The van der Waals surface area contributed by atoms with E-state index in [0.717, 1.165) is 44.7 Å². The zero-order valence-electron chi connectivity index (χ0n) is 19.3. The molecular weight excluding hydrogens is 448 g/mol. The summed E-state index contributed by atoms with van der Waals surface area (Å²) in [4.78, 5) is 24.9. The SMILES string of the molecule is COc1ccc(-c2nc(SCCC(=O)Nc3ncccc3C)[nH]c2-c2ccc(OC)cc2)cc1. The lowest BCUT2D eigenvalue weighted by atomic mass is 10.0. The van der Waals surface area contributed by atoms with Crippen LogP contribution in [0.2, 0.25) is 0 Å². The van der Waals surface area contributed by atoms with Crippen LogP contribution in [0, 0.1) is 6.92 Å². The maximum absolute atomic E-state index is 12.4. The van der Waals surface area contributed by atoms with E-state index >= 15 is 0 Å². The van der Waals surface area contributed by atoms with Gasteiger partial charge in [-0.1, -0.05) is 17.8 Å². The van der Waals surface area contributed by atoms with Gasteiger partial charge in [-0.2, -0.15) is 0 Å². The van der Waals surface area contributed by atoms with Crippen LogP contribution in [0.25, 0.3) is 22.5 Å². The first-order valence-electron chi connectivity index (χ1n) is 10.8. The largest absolute Gasteiger partial charge is 0.497 e. The molecule has 0 aliphatic carbocycles. The number of aromatic amines is 1. The number of amides is 1. The number of hydrogen-bond acceptors (Lipinski definition) is 6. The monoisotopic (exact) mass is 474 g/mol. The number of nitrogens with zero attached hydrogens (tertiary/aromatic N) is 2. The van der Waals surface area contributed by atoms with Crippen molar-refractivity contribution in [1.82, 2.24) is 15.0 Å². The second kappa shape index (κ2) is 10.9. The van der Waals surface area contributed by atoms with Crippen LogP contribution >= 0.6 is 11.8 Å². The maximum Gasteiger partial charge on any atom is 0.226 e. The molecule has 4 rings (SSSR count). The molecule has 0 aliphatic rings. The molecule has 2 N–H and O–H groups in total. The summed E-state index contributed by atoms with van der Waals surface area (Å²) in [6.45, 7) is 1.92. The van der Waals surface area contributed by atoms with Gasteiger partial charge in [-0.25, -0.2) is 9.97 Å². The van der Waals surface area contributed by atoms with Crippen LogP contribution in [0.1, 0.15) is 12.0 Å². The van der Waals surface area contributed by atoms with Crippen LogP contribution in [0.15, 0.2) is 72.0 Å². The van der Waals surface area contributed by atoms with Crippen molar-refractivity contribution in [2.75, 3.05) is 25.3 Å². The molecule has 174 valence electrons. The first-order chi connectivity index (χ1) is 16.6. The molecule has 0 radical (unpaired) electrons. The van der Waals surface area contributed by atoms with Gasteiger partial charge in [0, 0.05) is 29.5 Å². The lowest BCUT2D eigenvalue weighted by Gasteiger charge is -2.06. The second-order valence-electron chi connectivity index (χ2n) is 7.54. The molecule has 0 saturated heterocycles. The van der Waals surface area contributed by atoms with Crippen molar-refractivity contribution in [3.8, 4) is 34.0 Å². The Morgan fingerprint density at radius 1 is 0.971 bits per heavy atom. The predicted octanol–water partition coefficient (Wildman–Crippen LogP) is 5.59. The minimum Gasteiger partial charge on any atom is -0.497 e. The van der Waals surface area contributed by atoms with Crippen molar-refractivity contribution in [2.24, 2.45) is 0 Å². The highest BCUT2D eigenvalue weighted by atomic mass is 32.2. The number of thioether (sulfide) groups is 1. The van der Waals surface area contributed by atoms with Crippen LogP contribution in [0.5, 0.6) is 11.5 Å². The number of rotatable bonds is 9. The van der Waals surface area contributed by atoms with Gasteiger partial charge in [0.25, 0.3) is 0 Å². The number of ether oxygens (including phenoxy) is 2. The summed E-state index contributed by atoms with van der Waals surface area (Å²) in [7, 11) is 3.29. The molecule has 0 spiro atoms. The number of hydrogen-bond donors (Lipinski definition) is 2. The normalized spacial score (nSPS) is 10.7. The van der Waals surface area contributed by atoms with Crippen molar-refractivity contribution < 1.29 is 14.3 Å². The molecule has 8 heteroatoms. The van der Waals surface area contributed by atoms with Crippen molar-refractivity contribution in [3.05, 3.63) is 72.4 Å². The van der Waals surface area contributed by atoms with Gasteiger partial charge in [0.2, 0.25) is 5.91 Å². The highest BCUT2D eigenvalue weighted by Crippen LogP contribution is 2.34. The van der Waals surface area contributed by atoms with Crippen LogP contribution < -0.4 is 14.8 Å². The summed E-state index contributed by atoms with van der Waals surface area (Å²) < 4.78 is 10.6. The fourth-order valence-corrected chi connectivity index (χ4v) is 4.21. The molecule has 0 atom stereocenters. The predicted molar refractivity (Wildman–Crippen MR) is 136 cm³/mol. The molecule has 4 aromatic rings. The third-order valence-electron chi connectivity index (χ3n) is 5.26. The number of aryl methyl sites for hydroxylation is 1. The first-order valence-corrected chi connectivity index (χ1v) is 11.8. The van der Waals surface area contributed by atoms with E-state index in [0.29, 0.717) is 18.0 Å². The summed E-state index contributed by atoms with van der Waals surface area (Å²) in [5.41, 5.74) is 4.64. The van der Waals surface area contributed by atoms with Crippen LogP contribution in [0.3, 0.4) is 0 Å². The lowest BCUT2D eigenvalue weighted by molar-refractivity contribution is -0.115. The number of methoxy groups -OCH3 is 2. The number of anilines is 1. The Kier molecular flexibility index (Phi) is 7.49. The highest BCUT2D eigenvalue weighted by Gasteiger charge is 2.16. The van der Waals surface area contributed by atoms with Gasteiger partial charge in [-0.3, -0.25) is 4.79 Å². The first kappa shape index (κ1) is 23.4. The Labute approximate surface area is 203 Å². The average molecular weight is 475 g/mol. The number of benzene rings is 2. The zero-order chi connectivity index (χ0) is 23.9. The Hall–Kier alpha value is -3.78. The Morgan fingerprint density at radius 3 is 2.24 bits per heavy atom. The summed E-state index contributed by atoms with van der Waals surface area (Å²) in [5, 5.41) is 3.62. The quantitative estimate of drug-likeness (QED) is 0.308. The standard InChI is InChI=1S/C26H26N4O3S/c1-17-5-4-15-27-25(17)28-22(31)14-16-34-26-29-23(18-6-10-20(32-2)11-7-18)24(30-26)19-8-12-21(33-3)13-9-19/h4-13,15H,14,16H2,1-3H3,(H,29,30)(H,27,28,31). The van der Waals surface area contributed by atoms with E-state index in [4.69, 9.17) is 14.5 Å². The highest BCUT2D eigenvalue weighted by molar-refractivity contribution is 7.99. The summed E-state index contributed by atoms with van der Waals surface area (Å²) in [5.74, 6) is 2.67. The average Bonchev–Trinajstić information content (AvgIpc) is 3.29. The summed E-state index contributed by atoms with van der Waals surface area (Å²) in [6.07, 6.45) is 2.01. The number of nitrogens with one attached hydrogen (secondary N) is 2. The minimum absolute atomic E-state index is 0.0772. The van der Waals surface area contributed by atoms with Crippen molar-refractivity contribution >= 4 is 23.5 Å². The maximum atomic E-state index is 12.4. The van der Waals surface area contributed by atoms with Crippen molar-refractivity contribution in [1.29, 1.82) is 0 Å². The summed E-state index contributed by atoms with van der Waals surface area (Å²) in [6, 6.07) is 19.4. The molecule has 2 aromatic carbocycles. The van der Waals surface area contributed by atoms with E-state index in [1.165, 1.54) is 11.8 Å². The molecule has 0 fully saturated rings. The van der Waals surface area contributed by atoms with E-state index in [-0.39, 0.29) is 5.91 Å². The third-order valence-corrected chi connectivity index (χ3v) is 6.13. The van der Waals surface area contributed by atoms with Gasteiger partial charge in [0.1, 0.15) is 17.3 Å². The third kappa shape index (κ3) is 5.58. The van der Waals surface area contributed by atoms with Crippen molar-refractivity contribution in [2.45, 2.75) is 18.5 Å². The number of aromatic nitrogens is 3. The number of carbonyl (C=O) groups excluding carboxylic acids is 1. The molecule has 2 aromatic heterocycles. The Balaban J connectivity index is 1.51. The molecule has 7 nitrogen and oxygen atoms in total. The zero-order valence-corrected chi connectivity index (χ0v) is 20.1. The summed E-state index contributed by atoms with van der Waals surface area (Å²) >= 11 is 1.51. The van der Waals surface area contributed by atoms with Crippen LogP contribution in [-0.2, 0) is 4.79 Å². The number of pyridine rings is 1. The molecule has 0 aliphatic heterocycles. The molecule has 2 heterocycles. The van der Waals surface area contributed by atoms with Crippen molar-refractivity contribution in [3.63, 3.8) is 0 Å². The van der Waals surface area contributed by atoms with E-state index in [2.05, 4.69) is 15.3 Å². The minimum atomic E-state index is -0.0772. The number of H-pyrrole nitrogens is 1. The topological polar surface area (TPSA) is 89.1 Å². The van der Waals surface area contributed by atoms with Gasteiger partial charge in [0.05, 0.1) is 25.6 Å². The van der Waals surface area contributed by atoms with E-state index in [1.807, 2.05) is 67.6 Å². The second-order valence-corrected chi connectivity index (χ2v) is 8.62. The molecule has 0 saturated carbocycles. The van der Waals surface area contributed by atoms with Crippen LogP contribution in [-0.4, -0.2) is 40.8 Å². The fourth-order valence-electron chi connectivity index (χ4n) is 3.40. The number of imidazole rings is 1. The van der Waals surface area contributed by atoms with Crippen LogP contribution in [0.4, 0.5) is 5.82 Å². The Morgan fingerprint density at radius 2 is 1.62 bits per heavy atom. The molecule has 0 unspecified atom stereocenters. The van der Waals surface area contributed by atoms with Gasteiger partial charge in [-0.05, 0) is 67.1 Å².